The molecule has 1 aliphatic heterocycles. The maximum Gasteiger partial charge on any atom is 0.168 e. The topological polar surface area (TPSA) is 27.7 Å². The van der Waals surface area contributed by atoms with Gasteiger partial charge in [-0.1, -0.05) is 12.1 Å². The zero-order valence-corrected chi connectivity index (χ0v) is 8.03. The van der Waals surface area contributed by atoms with E-state index in [4.69, 9.17) is 14.2 Å². The maximum atomic E-state index is 5.59. The predicted octanol–water partition coefficient (Wildman–Crippen LogP) is 1.99. The van der Waals surface area contributed by atoms with E-state index in [0.29, 0.717) is 13.2 Å². The molecule has 0 radical (unpaired) electrons. The first-order valence-electron chi connectivity index (χ1n) is 4.48. The van der Waals surface area contributed by atoms with Gasteiger partial charge in [0.15, 0.2) is 11.5 Å². The van der Waals surface area contributed by atoms with E-state index < -0.39 is 0 Å². The summed E-state index contributed by atoms with van der Waals surface area (Å²) in [6.07, 6.45) is 1.87. The van der Waals surface area contributed by atoms with Gasteiger partial charge in [0.1, 0.15) is 12.4 Å². The van der Waals surface area contributed by atoms with E-state index in [2.05, 4.69) is 0 Å². The highest BCUT2D eigenvalue weighted by Gasteiger charge is 2.13. The van der Waals surface area contributed by atoms with Gasteiger partial charge in [0.25, 0.3) is 0 Å². The SMILES string of the molecule is COC/C=C1/COc2ccccc2O1. The Labute approximate surface area is 82.9 Å². The number of hydrogen-bond donors (Lipinski definition) is 0. The molecule has 3 nitrogen and oxygen atoms in total. The average Bonchev–Trinajstić information content (AvgIpc) is 2.26. The predicted molar refractivity (Wildman–Crippen MR) is 52.5 cm³/mol. The van der Waals surface area contributed by atoms with Gasteiger partial charge >= 0.3 is 0 Å². The summed E-state index contributed by atoms with van der Waals surface area (Å²) in [6.45, 7) is 1.02. The standard InChI is InChI=1S/C11H12O3/c1-12-7-6-9-8-13-10-4-2-3-5-11(10)14-9/h2-6H,7-8H2,1H3/b9-6-. The summed E-state index contributed by atoms with van der Waals surface area (Å²) in [4.78, 5) is 0. The van der Waals surface area contributed by atoms with Gasteiger partial charge in [-0.3, -0.25) is 0 Å². The van der Waals surface area contributed by atoms with Gasteiger partial charge in [-0.2, -0.15) is 0 Å². The Morgan fingerprint density at radius 1 is 1.36 bits per heavy atom. The first-order valence-corrected chi connectivity index (χ1v) is 4.48. The summed E-state index contributed by atoms with van der Waals surface area (Å²) in [5, 5.41) is 0. The van der Waals surface area contributed by atoms with Gasteiger partial charge < -0.3 is 14.2 Å². The Morgan fingerprint density at radius 2 is 2.14 bits per heavy atom. The molecule has 0 saturated heterocycles. The third-order valence-corrected chi connectivity index (χ3v) is 1.94. The molecule has 0 saturated carbocycles. The van der Waals surface area contributed by atoms with Crippen molar-refractivity contribution in [1.29, 1.82) is 0 Å². The lowest BCUT2D eigenvalue weighted by Gasteiger charge is -2.20. The van der Waals surface area contributed by atoms with Gasteiger partial charge in [0, 0.05) is 7.11 Å². The quantitative estimate of drug-likeness (QED) is 0.717. The fourth-order valence-electron chi connectivity index (χ4n) is 1.25. The molecule has 0 atom stereocenters. The molecular formula is C11H12O3. The number of fused-ring (bicyclic) bond motifs is 1. The number of methoxy groups -OCH3 is 1. The molecule has 0 bridgehead atoms. The number of rotatable bonds is 2. The van der Waals surface area contributed by atoms with E-state index in [-0.39, 0.29) is 0 Å². The molecule has 0 aromatic heterocycles. The first kappa shape index (κ1) is 9.09. The number of ether oxygens (including phenoxy) is 3. The minimum atomic E-state index is 0.473. The van der Waals surface area contributed by atoms with Gasteiger partial charge in [-0.25, -0.2) is 0 Å². The van der Waals surface area contributed by atoms with Crippen LogP contribution in [0.5, 0.6) is 11.5 Å². The van der Waals surface area contributed by atoms with E-state index in [1.807, 2.05) is 30.3 Å². The van der Waals surface area contributed by atoms with E-state index in [9.17, 15) is 0 Å². The van der Waals surface area contributed by atoms with Crippen molar-refractivity contribution in [1.82, 2.24) is 0 Å². The number of benzene rings is 1. The molecule has 0 amide bonds. The molecule has 14 heavy (non-hydrogen) atoms. The van der Waals surface area contributed by atoms with E-state index in [1.54, 1.807) is 7.11 Å². The Hall–Kier alpha value is -1.48. The van der Waals surface area contributed by atoms with Crippen LogP contribution in [0.15, 0.2) is 36.1 Å². The second-order valence-electron chi connectivity index (χ2n) is 2.96. The third-order valence-electron chi connectivity index (χ3n) is 1.94. The average molecular weight is 192 g/mol. The Balaban J connectivity index is 2.13. The van der Waals surface area contributed by atoms with Crippen molar-refractivity contribution in [3.05, 3.63) is 36.1 Å². The summed E-state index contributed by atoms with van der Waals surface area (Å²) >= 11 is 0. The fourth-order valence-corrected chi connectivity index (χ4v) is 1.25. The van der Waals surface area contributed by atoms with Crippen LogP contribution in [-0.4, -0.2) is 20.3 Å². The van der Waals surface area contributed by atoms with Crippen LogP contribution in [-0.2, 0) is 4.74 Å². The van der Waals surface area contributed by atoms with Crippen LogP contribution in [0.4, 0.5) is 0 Å². The van der Waals surface area contributed by atoms with Crippen molar-refractivity contribution < 1.29 is 14.2 Å². The van der Waals surface area contributed by atoms with Crippen molar-refractivity contribution in [3.63, 3.8) is 0 Å². The lowest BCUT2D eigenvalue weighted by atomic mass is 10.3. The van der Waals surface area contributed by atoms with Gasteiger partial charge in [-0.15, -0.1) is 0 Å². The maximum absolute atomic E-state index is 5.59. The van der Waals surface area contributed by atoms with Gasteiger partial charge in [-0.05, 0) is 18.2 Å². The van der Waals surface area contributed by atoms with Crippen LogP contribution in [0.25, 0.3) is 0 Å². The van der Waals surface area contributed by atoms with E-state index in [0.717, 1.165) is 17.3 Å². The Kier molecular flexibility index (Phi) is 2.70. The monoisotopic (exact) mass is 192 g/mol. The Morgan fingerprint density at radius 3 is 2.93 bits per heavy atom. The molecule has 1 aromatic carbocycles. The number of hydrogen-bond acceptors (Lipinski definition) is 3. The number of para-hydroxylation sites is 2. The molecule has 1 aromatic rings. The molecule has 0 N–H and O–H groups in total. The largest absolute Gasteiger partial charge is 0.482 e. The van der Waals surface area contributed by atoms with Crippen LogP contribution in [0.1, 0.15) is 0 Å². The summed E-state index contributed by atoms with van der Waals surface area (Å²) < 4.78 is 16.0. The molecule has 2 rings (SSSR count). The highest BCUT2D eigenvalue weighted by molar-refractivity contribution is 5.42. The zero-order chi connectivity index (χ0) is 9.80. The molecule has 0 aliphatic carbocycles. The molecule has 1 heterocycles. The van der Waals surface area contributed by atoms with Gasteiger partial charge in [0.2, 0.25) is 0 Å². The lowest BCUT2D eigenvalue weighted by molar-refractivity contribution is 0.210. The molecule has 3 heteroatoms. The normalized spacial score (nSPS) is 17.1. The minimum Gasteiger partial charge on any atom is -0.482 e. The first-order chi connectivity index (χ1) is 6.90. The molecule has 0 fully saturated rings. The molecule has 0 spiro atoms. The van der Waals surface area contributed by atoms with Crippen LogP contribution in [0.3, 0.4) is 0 Å². The van der Waals surface area contributed by atoms with Crippen molar-refractivity contribution in [2.24, 2.45) is 0 Å². The molecule has 0 unspecified atom stereocenters. The van der Waals surface area contributed by atoms with Gasteiger partial charge in [0.05, 0.1) is 6.61 Å². The summed E-state index contributed by atoms with van der Waals surface area (Å²) in [7, 11) is 1.65. The highest BCUT2D eigenvalue weighted by atomic mass is 16.6. The Bertz CT molecular complexity index is 344. The van der Waals surface area contributed by atoms with Crippen LogP contribution in [0.2, 0.25) is 0 Å². The fraction of sp³-hybridized carbons (Fsp3) is 0.273. The molecule has 1 aliphatic rings. The summed E-state index contributed by atoms with van der Waals surface area (Å²) in [6, 6.07) is 7.62. The summed E-state index contributed by atoms with van der Waals surface area (Å²) in [5.41, 5.74) is 0. The van der Waals surface area contributed by atoms with Crippen LogP contribution >= 0.6 is 0 Å². The third kappa shape index (κ3) is 1.88. The second-order valence-corrected chi connectivity index (χ2v) is 2.96. The second kappa shape index (κ2) is 4.15. The summed E-state index contributed by atoms with van der Waals surface area (Å²) in [5.74, 6) is 2.36. The zero-order valence-electron chi connectivity index (χ0n) is 8.03. The van der Waals surface area contributed by atoms with Crippen molar-refractivity contribution in [2.45, 2.75) is 0 Å². The smallest absolute Gasteiger partial charge is 0.168 e. The van der Waals surface area contributed by atoms with Crippen LogP contribution in [0, 0.1) is 0 Å². The lowest BCUT2D eigenvalue weighted by Crippen LogP contribution is -2.14. The minimum absolute atomic E-state index is 0.473. The highest BCUT2D eigenvalue weighted by Crippen LogP contribution is 2.31. The van der Waals surface area contributed by atoms with Crippen LogP contribution < -0.4 is 9.47 Å². The van der Waals surface area contributed by atoms with E-state index in [1.165, 1.54) is 0 Å². The van der Waals surface area contributed by atoms with Crippen molar-refractivity contribution >= 4 is 0 Å². The van der Waals surface area contributed by atoms with E-state index >= 15 is 0 Å². The van der Waals surface area contributed by atoms with Crippen molar-refractivity contribution in [3.8, 4) is 11.5 Å². The van der Waals surface area contributed by atoms with Crippen molar-refractivity contribution in [2.75, 3.05) is 20.3 Å². The molecular weight excluding hydrogens is 180 g/mol. The molecule has 74 valence electrons.